The van der Waals surface area contributed by atoms with Gasteiger partial charge in [-0.25, -0.2) is 19.8 Å². The van der Waals surface area contributed by atoms with Gasteiger partial charge in [0.1, 0.15) is 23.5 Å². The predicted octanol–water partition coefficient (Wildman–Crippen LogP) is 3.63. The molecule has 5 aliphatic rings. The van der Waals surface area contributed by atoms with Crippen molar-refractivity contribution < 1.29 is 24.0 Å². The lowest BCUT2D eigenvalue weighted by molar-refractivity contribution is -0.122. The number of anilines is 5. The fraction of sp³-hybridized carbons (Fsp3) is 0.395. The molecule has 0 saturated carbocycles. The van der Waals surface area contributed by atoms with Crippen molar-refractivity contribution in [2.75, 3.05) is 85.9 Å². The average Bonchev–Trinajstić information content (AvgIpc) is 4.04. The zero-order valence-electron chi connectivity index (χ0n) is 34.2. The van der Waals surface area contributed by atoms with Gasteiger partial charge in [0.15, 0.2) is 0 Å². The molecule has 5 N–H and O–H groups in total. The SMILES string of the molecule is O=C1CCN(N2C(=O)c3cccc(N4CCC(CN5CCN(C6CCN(c7ccc(NC(=O)c8[nH]ncc8Nc8ncnc9[nH]ccc89)cc7)CC6)CC5)CC4)c3C2=O)C(=O)N1. The first-order valence-corrected chi connectivity index (χ1v) is 21.4. The van der Waals surface area contributed by atoms with Crippen molar-refractivity contribution >= 4 is 69.3 Å². The number of aromatic amines is 2. The van der Waals surface area contributed by atoms with Gasteiger partial charge in [-0.05, 0) is 74.1 Å². The van der Waals surface area contributed by atoms with Crippen LogP contribution in [0.5, 0.6) is 0 Å². The van der Waals surface area contributed by atoms with Crippen molar-refractivity contribution in [1.82, 2.24) is 50.3 Å². The third-order valence-electron chi connectivity index (χ3n) is 13.0. The smallest absolute Gasteiger partial charge is 0.343 e. The normalized spacial score (nSPS) is 19.7. The van der Waals surface area contributed by atoms with E-state index in [1.54, 1.807) is 24.5 Å². The highest BCUT2D eigenvalue weighted by atomic mass is 16.2. The number of nitrogens with zero attached hydrogens (tertiary/aromatic N) is 9. The van der Waals surface area contributed by atoms with E-state index in [4.69, 9.17) is 0 Å². The van der Waals surface area contributed by atoms with E-state index in [0.717, 1.165) is 111 Å². The number of piperazine rings is 1. The van der Waals surface area contributed by atoms with Crippen molar-refractivity contribution in [1.29, 1.82) is 0 Å². The summed E-state index contributed by atoms with van der Waals surface area (Å²) in [5.41, 5.74) is 4.69. The number of fused-ring (bicyclic) bond motifs is 2. The highest BCUT2D eigenvalue weighted by Gasteiger charge is 2.45. The van der Waals surface area contributed by atoms with Crippen LogP contribution in [-0.2, 0) is 4.79 Å². The summed E-state index contributed by atoms with van der Waals surface area (Å²) in [5, 5.41) is 18.0. The number of rotatable bonds is 10. The summed E-state index contributed by atoms with van der Waals surface area (Å²) in [4.78, 5) is 85.9. The molecule has 0 unspecified atom stereocenters. The summed E-state index contributed by atoms with van der Waals surface area (Å²) in [7, 11) is 0. The fourth-order valence-corrected chi connectivity index (χ4v) is 9.61. The molecule has 5 aromatic rings. The number of hydrogen-bond acceptors (Lipinski definition) is 13. The van der Waals surface area contributed by atoms with Crippen molar-refractivity contribution in [3.05, 3.63) is 84.1 Å². The van der Waals surface area contributed by atoms with E-state index < -0.39 is 23.8 Å². The number of carbonyl (C=O) groups is 5. The maximum atomic E-state index is 13.6. The molecule has 0 radical (unpaired) electrons. The van der Waals surface area contributed by atoms with Crippen molar-refractivity contribution in [3.8, 4) is 0 Å². The Hall–Kier alpha value is -6.86. The number of hydrogen-bond donors (Lipinski definition) is 5. The van der Waals surface area contributed by atoms with Crippen LogP contribution in [0.1, 0.15) is 63.3 Å². The highest BCUT2D eigenvalue weighted by Crippen LogP contribution is 2.36. The van der Waals surface area contributed by atoms with Gasteiger partial charge in [0.25, 0.3) is 17.7 Å². The molecule has 2 aromatic carbocycles. The van der Waals surface area contributed by atoms with Gasteiger partial charge in [-0.2, -0.15) is 10.1 Å². The number of H-pyrrole nitrogens is 2. The number of aromatic nitrogens is 5. The summed E-state index contributed by atoms with van der Waals surface area (Å²) in [6.45, 7) is 8.78. The summed E-state index contributed by atoms with van der Waals surface area (Å²) in [6.07, 6.45) is 9.02. The van der Waals surface area contributed by atoms with Crippen molar-refractivity contribution in [2.24, 2.45) is 5.92 Å². The van der Waals surface area contributed by atoms with Crippen LogP contribution in [0.3, 0.4) is 0 Å². The molecule has 0 atom stereocenters. The molecule has 3 aromatic heterocycles. The molecule has 10 rings (SSSR count). The van der Waals surface area contributed by atoms with Crippen LogP contribution in [0.15, 0.2) is 67.3 Å². The third-order valence-corrected chi connectivity index (χ3v) is 13.0. The molecule has 6 amide bonds. The number of hydrazine groups is 1. The second kappa shape index (κ2) is 16.5. The molecule has 8 heterocycles. The molecule has 19 heteroatoms. The zero-order chi connectivity index (χ0) is 42.3. The Labute approximate surface area is 356 Å². The number of nitrogens with one attached hydrogen (secondary N) is 5. The molecule has 320 valence electrons. The Bertz CT molecular complexity index is 2510. The summed E-state index contributed by atoms with van der Waals surface area (Å²) >= 11 is 0. The van der Waals surface area contributed by atoms with E-state index in [0.29, 0.717) is 46.1 Å². The van der Waals surface area contributed by atoms with Crippen molar-refractivity contribution in [2.45, 2.75) is 38.1 Å². The largest absolute Gasteiger partial charge is 0.371 e. The molecular weight excluding hydrogens is 793 g/mol. The summed E-state index contributed by atoms with van der Waals surface area (Å²) in [5.74, 6) is -0.680. The highest BCUT2D eigenvalue weighted by molar-refractivity contribution is 6.24. The lowest BCUT2D eigenvalue weighted by Crippen LogP contribution is -2.58. The topological polar surface area (TPSA) is 211 Å². The number of benzene rings is 2. The van der Waals surface area contributed by atoms with Gasteiger partial charge >= 0.3 is 6.03 Å². The molecule has 5 aliphatic heterocycles. The van der Waals surface area contributed by atoms with Gasteiger partial charge in [-0.3, -0.25) is 34.5 Å². The number of urea groups is 1. The lowest BCUT2D eigenvalue weighted by Gasteiger charge is -2.44. The lowest BCUT2D eigenvalue weighted by atomic mass is 9.94. The minimum absolute atomic E-state index is 0.0227. The summed E-state index contributed by atoms with van der Waals surface area (Å²) < 4.78 is 0. The predicted molar refractivity (Wildman–Crippen MR) is 230 cm³/mol. The van der Waals surface area contributed by atoms with E-state index in [9.17, 15) is 24.0 Å². The Morgan fingerprint density at radius 1 is 0.806 bits per heavy atom. The standard InChI is InChI=1S/C43H48N14O5/c58-35-13-19-56(43(62)50-35)57-41(60)31-2-1-3-34(36(31)42(57)61)55-15-9-27(10-16-55)25-52-20-22-54(23-21-52)30-11-17-53(18-12-30)29-6-4-28(5-7-29)48-40(59)37-33(24-47-51-37)49-39-32-8-14-44-38(32)45-26-46-39/h1-8,14,24,26-27,30H,9-13,15-23,25H2,(H,47,51)(H,48,59)(H,50,58,62)(H2,44,45,46,49). The zero-order valence-corrected chi connectivity index (χ0v) is 34.2. The van der Waals surface area contributed by atoms with E-state index in [1.165, 1.54) is 6.33 Å². The van der Waals surface area contributed by atoms with Crippen LogP contribution in [0.2, 0.25) is 0 Å². The molecule has 0 aliphatic carbocycles. The van der Waals surface area contributed by atoms with Crippen LogP contribution in [0.25, 0.3) is 11.0 Å². The Kier molecular flexibility index (Phi) is 10.5. The maximum absolute atomic E-state index is 13.6. The molecular formula is C43H48N14O5. The first kappa shape index (κ1) is 39.3. The average molecular weight is 841 g/mol. The first-order valence-electron chi connectivity index (χ1n) is 21.4. The third kappa shape index (κ3) is 7.57. The second-order valence-corrected chi connectivity index (χ2v) is 16.6. The molecule has 19 nitrogen and oxygen atoms in total. The van der Waals surface area contributed by atoms with Crippen LogP contribution >= 0.6 is 0 Å². The van der Waals surface area contributed by atoms with Crippen LogP contribution < -0.4 is 25.8 Å². The van der Waals surface area contributed by atoms with Gasteiger partial charge in [-0.1, -0.05) is 6.07 Å². The molecule has 0 spiro atoms. The van der Waals surface area contributed by atoms with E-state index in [1.807, 2.05) is 24.3 Å². The molecule has 4 fully saturated rings. The van der Waals surface area contributed by atoms with E-state index in [-0.39, 0.29) is 24.4 Å². The van der Waals surface area contributed by atoms with Gasteiger partial charge in [0, 0.05) is 88.9 Å². The summed E-state index contributed by atoms with van der Waals surface area (Å²) in [6, 6.07) is 15.0. The van der Waals surface area contributed by atoms with Crippen LogP contribution in [0, 0.1) is 5.92 Å². The van der Waals surface area contributed by atoms with Gasteiger partial charge in [-0.15, -0.1) is 0 Å². The Balaban J connectivity index is 0.662. The Morgan fingerprint density at radius 2 is 1.58 bits per heavy atom. The minimum atomic E-state index is -0.761. The number of carbonyl (C=O) groups excluding carboxylic acids is 5. The minimum Gasteiger partial charge on any atom is -0.371 e. The fourth-order valence-electron chi connectivity index (χ4n) is 9.61. The van der Waals surface area contributed by atoms with Gasteiger partial charge in [0.2, 0.25) is 5.91 Å². The molecule has 62 heavy (non-hydrogen) atoms. The first-order chi connectivity index (χ1) is 30.3. The molecule has 4 saturated heterocycles. The van der Waals surface area contributed by atoms with E-state index in [2.05, 4.69) is 72.8 Å². The van der Waals surface area contributed by atoms with Crippen LogP contribution in [-0.4, -0.2) is 146 Å². The van der Waals surface area contributed by atoms with E-state index >= 15 is 0 Å². The second-order valence-electron chi connectivity index (χ2n) is 16.6. The van der Waals surface area contributed by atoms with Gasteiger partial charge < -0.3 is 30.3 Å². The molecule has 0 bridgehead atoms. The number of piperidine rings is 2. The van der Waals surface area contributed by atoms with Gasteiger partial charge in [0.05, 0.1) is 40.6 Å². The van der Waals surface area contributed by atoms with Crippen LogP contribution in [0.4, 0.5) is 33.4 Å². The quantitative estimate of drug-likeness (QED) is 0.127. The number of amides is 6. The maximum Gasteiger partial charge on any atom is 0.343 e. The van der Waals surface area contributed by atoms with Crippen molar-refractivity contribution in [3.63, 3.8) is 0 Å². The monoisotopic (exact) mass is 840 g/mol. The number of imide groups is 2. The Morgan fingerprint density at radius 3 is 2.35 bits per heavy atom.